The van der Waals surface area contributed by atoms with Gasteiger partial charge in [-0.15, -0.1) is 0 Å². The standard InChI is InChI=1S/C14H12ClN5/c15-10-4-1-8(7-16)5-11(10)18-13-6-12(17)19-14(20-13)9-2-3-9/h1,4-6,9H,2-3H2,(H3,17,18,19,20). The molecule has 1 aliphatic rings. The summed E-state index contributed by atoms with van der Waals surface area (Å²) in [5.41, 5.74) is 6.96. The maximum atomic E-state index is 8.92. The van der Waals surface area contributed by atoms with Gasteiger partial charge in [-0.1, -0.05) is 11.6 Å². The molecule has 5 nitrogen and oxygen atoms in total. The molecule has 6 heteroatoms. The van der Waals surface area contributed by atoms with Crippen molar-refractivity contribution in [3.05, 3.63) is 40.7 Å². The molecule has 1 heterocycles. The van der Waals surface area contributed by atoms with Gasteiger partial charge in [0.05, 0.1) is 22.3 Å². The quantitative estimate of drug-likeness (QED) is 0.904. The average Bonchev–Trinajstić information content (AvgIpc) is 3.25. The van der Waals surface area contributed by atoms with Crippen LogP contribution in [0, 0.1) is 11.3 Å². The van der Waals surface area contributed by atoms with Crippen LogP contribution in [0.1, 0.15) is 30.1 Å². The first-order valence-electron chi connectivity index (χ1n) is 6.27. The van der Waals surface area contributed by atoms with E-state index in [-0.39, 0.29) is 0 Å². The van der Waals surface area contributed by atoms with Gasteiger partial charge >= 0.3 is 0 Å². The van der Waals surface area contributed by atoms with Gasteiger partial charge in [0.2, 0.25) is 0 Å². The molecule has 2 aromatic rings. The molecular weight excluding hydrogens is 274 g/mol. The Labute approximate surface area is 121 Å². The van der Waals surface area contributed by atoms with Gasteiger partial charge in [-0.25, -0.2) is 9.97 Å². The smallest absolute Gasteiger partial charge is 0.136 e. The zero-order valence-electron chi connectivity index (χ0n) is 10.6. The van der Waals surface area contributed by atoms with Crippen molar-refractivity contribution in [1.82, 2.24) is 9.97 Å². The number of nitrogen functional groups attached to an aromatic ring is 1. The first kappa shape index (κ1) is 12.7. The van der Waals surface area contributed by atoms with E-state index in [0.29, 0.717) is 33.8 Å². The Kier molecular flexibility index (Phi) is 3.17. The van der Waals surface area contributed by atoms with Gasteiger partial charge in [0.15, 0.2) is 0 Å². The second-order valence-corrected chi connectivity index (χ2v) is 5.15. The minimum Gasteiger partial charge on any atom is -0.384 e. The lowest BCUT2D eigenvalue weighted by Gasteiger charge is -2.09. The third-order valence-electron chi connectivity index (χ3n) is 3.06. The molecule has 0 amide bonds. The number of halogens is 1. The lowest BCUT2D eigenvalue weighted by molar-refractivity contribution is 0.936. The van der Waals surface area contributed by atoms with Gasteiger partial charge in [-0.05, 0) is 31.0 Å². The van der Waals surface area contributed by atoms with Crippen molar-refractivity contribution in [2.24, 2.45) is 0 Å². The Balaban J connectivity index is 1.93. The van der Waals surface area contributed by atoms with E-state index in [1.807, 2.05) is 0 Å². The summed E-state index contributed by atoms with van der Waals surface area (Å²) in [6.07, 6.45) is 2.21. The summed E-state index contributed by atoms with van der Waals surface area (Å²) in [6.45, 7) is 0. The molecule has 0 atom stereocenters. The average molecular weight is 286 g/mol. The molecule has 0 saturated heterocycles. The predicted molar refractivity (Wildman–Crippen MR) is 77.9 cm³/mol. The van der Waals surface area contributed by atoms with Gasteiger partial charge < -0.3 is 11.1 Å². The van der Waals surface area contributed by atoms with Crippen LogP contribution in [-0.2, 0) is 0 Å². The predicted octanol–water partition coefficient (Wildman–Crippen LogP) is 3.20. The number of benzene rings is 1. The highest BCUT2D eigenvalue weighted by Gasteiger charge is 2.27. The molecule has 0 aliphatic heterocycles. The van der Waals surface area contributed by atoms with Crippen molar-refractivity contribution < 1.29 is 0 Å². The third-order valence-corrected chi connectivity index (χ3v) is 3.39. The maximum Gasteiger partial charge on any atom is 0.136 e. The maximum absolute atomic E-state index is 8.92. The molecule has 0 spiro atoms. The molecule has 3 rings (SSSR count). The number of nitrogens with zero attached hydrogens (tertiary/aromatic N) is 3. The summed E-state index contributed by atoms with van der Waals surface area (Å²) in [5, 5.41) is 12.5. The number of hydrogen-bond donors (Lipinski definition) is 2. The van der Waals surface area contributed by atoms with Crippen LogP contribution in [0.2, 0.25) is 5.02 Å². The molecule has 1 aromatic carbocycles. The number of nitrogens with two attached hydrogens (primary N) is 1. The molecule has 20 heavy (non-hydrogen) atoms. The molecule has 1 aliphatic carbocycles. The number of anilines is 3. The molecule has 0 bridgehead atoms. The molecule has 1 saturated carbocycles. The summed E-state index contributed by atoms with van der Waals surface area (Å²) in [6, 6.07) is 8.75. The van der Waals surface area contributed by atoms with Crippen molar-refractivity contribution in [3.63, 3.8) is 0 Å². The second kappa shape index (κ2) is 4.99. The van der Waals surface area contributed by atoms with Crippen LogP contribution in [0.15, 0.2) is 24.3 Å². The van der Waals surface area contributed by atoms with Gasteiger partial charge in [-0.2, -0.15) is 5.26 Å². The van der Waals surface area contributed by atoms with Crippen LogP contribution in [0.3, 0.4) is 0 Å². The van der Waals surface area contributed by atoms with E-state index in [4.69, 9.17) is 22.6 Å². The zero-order valence-corrected chi connectivity index (χ0v) is 11.4. The second-order valence-electron chi connectivity index (χ2n) is 4.74. The Morgan fingerprint density at radius 1 is 1.30 bits per heavy atom. The Morgan fingerprint density at radius 2 is 2.10 bits per heavy atom. The minimum absolute atomic E-state index is 0.417. The summed E-state index contributed by atoms with van der Waals surface area (Å²) < 4.78 is 0. The van der Waals surface area contributed by atoms with Crippen LogP contribution in [0.25, 0.3) is 0 Å². The highest BCUT2D eigenvalue weighted by Crippen LogP contribution is 2.39. The van der Waals surface area contributed by atoms with Crippen molar-refractivity contribution in [3.8, 4) is 6.07 Å². The molecule has 0 radical (unpaired) electrons. The highest BCUT2D eigenvalue weighted by molar-refractivity contribution is 6.33. The highest BCUT2D eigenvalue weighted by atomic mass is 35.5. The first-order chi connectivity index (χ1) is 9.65. The van der Waals surface area contributed by atoms with Crippen molar-refractivity contribution in [2.75, 3.05) is 11.1 Å². The Bertz CT molecular complexity index is 703. The zero-order chi connectivity index (χ0) is 14.1. The summed E-state index contributed by atoms with van der Waals surface area (Å²) in [5.74, 6) is 2.20. The number of nitrogens with one attached hydrogen (secondary N) is 1. The van der Waals surface area contributed by atoms with Gasteiger partial charge in [0.1, 0.15) is 17.5 Å². The molecule has 1 fully saturated rings. The lowest BCUT2D eigenvalue weighted by Crippen LogP contribution is -2.03. The fraction of sp³-hybridized carbons (Fsp3) is 0.214. The topological polar surface area (TPSA) is 87.6 Å². The molecule has 0 unspecified atom stereocenters. The van der Waals surface area contributed by atoms with Gasteiger partial charge in [-0.3, -0.25) is 0 Å². The normalized spacial score (nSPS) is 13.8. The van der Waals surface area contributed by atoms with Crippen molar-refractivity contribution in [1.29, 1.82) is 5.26 Å². The van der Waals surface area contributed by atoms with E-state index in [1.54, 1.807) is 24.3 Å². The fourth-order valence-electron chi connectivity index (χ4n) is 1.90. The monoisotopic (exact) mass is 285 g/mol. The van der Waals surface area contributed by atoms with Crippen LogP contribution in [0.5, 0.6) is 0 Å². The summed E-state index contributed by atoms with van der Waals surface area (Å²) in [7, 11) is 0. The first-order valence-corrected chi connectivity index (χ1v) is 6.64. The van der Waals surface area contributed by atoms with Crippen LogP contribution < -0.4 is 11.1 Å². The van der Waals surface area contributed by atoms with Crippen molar-refractivity contribution in [2.45, 2.75) is 18.8 Å². The minimum atomic E-state index is 0.417. The van der Waals surface area contributed by atoms with Crippen LogP contribution in [0.4, 0.5) is 17.3 Å². The van der Waals surface area contributed by atoms with E-state index in [9.17, 15) is 0 Å². The summed E-state index contributed by atoms with van der Waals surface area (Å²) in [4.78, 5) is 8.68. The third kappa shape index (κ3) is 2.65. The number of aromatic nitrogens is 2. The molecule has 1 aromatic heterocycles. The number of hydrogen-bond acceptors (Lipinski definition) is 5. The fourth-order valence-corrected chi connectivity index (χ4v) is 2.07. The number of rotatable bonds is 3. The Morgan fingerprint density at radius 3 is 2.80 bits per heavy atom. The van der Waals surface area contributed by atoms with E-state index in [2.05, 4.69) is 21.4 Å². The SMILES string of the molecule is N#Cc1ccc(Cl)c(Nc2cc(N)nc(C3CC3)n2)c1. The lowest BCUT2D eigenvalue weighted by atomic mass is 10.2. The van der Waals surface area contributed by atoms with E-state index < -0.39 is 0 Å². The van der Waals surface area contributed by atoms with Crippen LogP contribution >= 0.6 is 11.6 Å². The van der Waals surface area contributed by atoms with Crippen molar-refractivity contribution >= 4 is 28.9 Å². The summed E-state index contributed by atoms with van der Waals surface area (Å²) >= 11 is 6.11. The number of nitriles is 1. The van der Waals surface area contributed by atoms with Gasteiger partial charge in [0.25, 0.3) is 0 Å². The largest absolute Gasteiger partial charge is 0.384 e. The molecular formula is C14H12ClN5. The molecule has 100 valence electrons. The van der Waals surface area contributed by atoms with Gasteiger partial charge in [0, 0.05) is 12.0 Å². The molecule has 3 N–H and O–H groups in total. The van der Waals surface area contributed by atoms with Crippen LogP contribution in [-0.4, -0.2) is 9.97 Å². The Hall–Kier alpha value is -2.32. The van der Waals surface area contributed by atoms with E-state index in [0.717, 1.165) is 18.7 Å². The van der Waals surface area contributed by atoms with E-state index in [1.165, 1.54) is 0 Å². The van der Waals surface area contributed by atoms with E-state index >= 15 is 0 Å².